The number of fused-ring (bicyclic) bond motifs is 2. The third kappa shape index (κ3) is 1.31. The van der Waals surface area contributed by atoms with Gasteiger partial charge in [0.05, 0.1) is 6.61 Å². The topological polar surface area (TPSA) is 73.6 Å². The minimum Gasteiger partial charge on any atom is -0.387 e. The Morgan fingerprint density at radius 3 is 3.06 bits per heavy atom. The van der Waals surface area contributed by atoms with Crippen LogP contribution in [-0.4, -0.2) is 39.6 Å². The Labute approximate surface area is 91.4 Å². The summed E-state index contributed by atoms with van der Waals surface area (Å²) in [7, 11) is 0. The predicted molar refractivity (Wildman–Crippen MR) is 52.9 cm³/mol. The van der Waals surface area contributed by atoms with E-state index in [9.17, 15) is 9.90 Å². The SMILES string of the molecule is Cc1cnc(=O)n(C2OC3COC2C3O)c1. The molecule has 0 amide bonds. The van der Waals surface area contributed by atoms with Gasteiger partial charge in [0.1, 0.15) is 18.3 Å². The van der Waals surface area contributed by atoms with Crippen molar-refractivity contribution in [1.29, 1.82) is 0 Å². The van der Waals surface area contributed by atoms with E-state index in [1.54, 1.807) is 6.20 Å². The van der Waals surface area contributed by atoms with Gasteiger partial charge in [-0.25, -0.2) is 9.78 Å². The molecule has 2 aliphatic heterocycles. The molecule has 1 N–H and O–H groups in total. The van der Waals surface area contributed by atoms with Crippen molar-refractivity contribution in [3.8, 4) is 0 Å². The molecule has 86 valence electrons. The van der Waals surface area contributed by atoms with E-state index in [1.807, 2.05) is 6.92 Å². The van der Waals surface area contributed by atoms with E-state index in [0.29, 0.717) is 6.61 Å². The first-order valence-electron chi connectivity index (χ1n) is 5.17. The molecule has 1 aromatic rings. The Morgan fingerprint density at radius 1 is 1.62 bits per heavy atom. The number of aromatic nitrogens is 2. The van der Waals surface area contributed by atoms with Gasteiger partial charge in [-0.3, -0.25) is 4.57 Å². The van der Waals surface area contributed by atoms with Crippen LogP contribution in [0.4, 0.5) is 0 Å². The van der Waals surface area contributed by atoms with Crippen LogP contribution in [-0.2, 0) is 9.47 Å². The Morgan fingerprint density at radius 2 is 2.44 bits per heavy atom. The van der Waals surface area contributed by atoms with Crippen molar-refractivity contribution < 1.29 is 14.6 Å². The number of aliphatic hydroxyl groups excluding tert-OH is 1. The molecule has 0 aliphatic carbocycles. The summed E-state index contributed by atoms with van der Waals surface area (Å²) in [4.78, 5) is 15.3. The summed E-state index contributed by atoms with van der Waals surface area (Å²) in [5.41, 5.74) is 0.472. The van der Waals surface area contributed by atoms with E-state index in [0.717, 1.165) is 5.56 Å². The summed E-state index contributed by atoms with van der Waals surface area (Å²) >= 11 is 0. The average molecular weight is 224 g/mol. The van der Waals surface area contributed by atoms with E-state index in [4.69, 9.17) is 9.47 Å². The summed E-state index contributed by atoms with van der Waals surface area (Å²) < 4.78 is 12.3. The molecule has 2 fully saturated rings. The van der Waals surface area contributed by atoms with Crippen LogP contribution in [0.15, 0.2) is 17.2 Å². The van der Waals surface area contributed by atoms with Gasteiger partial charge in [-0.1, -0.05) is 0 Å². The van der Waals surface area contributed by atoms with Crippen molar-refractivity contribution >= 4 is 0 Å². The summed E-state index contributed by atoms with van der Waals surface area (Å²) in [6, 6.07) is 0. The maximum Gasteiger partial charge on any atom is 0.349 e. The maximum atomic E-state index is 11.6. The maximum absolute atomic E-state index is 11.6. The van der Waals surface area contributed by atoms with Gasteiger partial charge in [-0.05, 0) is 12.5 Å². The molecule has 4 atom stereocenters. The molecular formula is C10H12N2O4. The molecule has 0 aromatic carbocycles. The van der Waals surface area contributed by atoms with E-state index >= 15 is 0 Å². The van der Waals surface area contributed by atoms with Crippen molar-refractivity contribution in [2.24, 2.45) is 0 Å². The second kappa shape index (κ2) is 3.38. The van der Waals surface area contributed by atoms with Gasteiger partial charge >= 0.3 is 5.69 Å². The third-order valence-corrected chi connectivity index (χ3v) is 2.98. The van der Waals surface area contributed by atoms with Gasteiger partial charge < -0.3 is 14.6 Å². The minimum atomic E-state index is -0.655. The zero-order valence-electron chi connectivity index (χ0n) is 8.74. The lowest BCUT2D eigenvalue weighted by Gasteiger charge is -2.23. The fraction of sp³-hybridized carbons (Fsp3) is 0.600. The lowest BCUT2D eigenvalue weighted by Crippen LogP contribution is -2.35. The molecule has 1 aromatic heterocycles. The highest BCUT2D eigenvalue weighted by molar-refractivity contribution is 5.03. The van der Waals surface area contributed by atoms with Crippen LogP contribution in [0.1, 0.15) is 11.8 Å². The Bertz CT molecular complexity index is 472. The number of aryl methyl sites for hydroxylation is 1. The second-order valence-electron chi connectivity index (χ2n) is 4.17. The summed E-state index contributed by atoms with van der Waals surface area (Å²) in [6.45, 7) is 2.23. The number of hydrogen-bond donors (Lipinski definition) is 1. The van der Waals surface area contributed by atoms with Crippen molar-refractivity contribution in [2.45, 2.75) is 31.5 Å². The van der Waals surface area contributed by atoms with Gasteiger partial charge in [0.15, 0.2) is 6.23 Å². The molecule has 0 radical (unpaired) electrons. The number of aliphatic hydroxyl groups is 1. The molecule has 16 heavy (non-hydrogen) atoms. The van der Waals surface area contributed by atoms with Crippen molar-refractivity contribution in [3.63, 3.8) is 0 Å². The Balaban J connectivity index is 2.00. The molecule has 0 saturated carbocycles. The molecule has 0 spiro atoms. The van der Waals surface area contributed by atoms with Crippen molar-refractivity contribution in [1.82, 2.24) is 9.55 Å². The molecule has 3 heterocycles. The second-order valence-corrected chi connectivity index (χ2v) is 4.17. The van der Waals surface area contributed by atoms with Gasteiger partial charge in [0, 0.05) is 12.4 Å². The first kappa shape index (κ1) is 9.95. The van der Waals surface area contributed by atoms with E-state index in [1.165, 1.54) is 10.8 Å². The van der Waals surface area contributed by atoms with E-state index < -0.39 is 18.4 Å². The van der Waals surface area contributed by atoms with Gasteiger partial charge in [0.2, 0.25) is 0 Å². The smallest absolute Gasteiger partial charge is 0.349 e. The van der Waals surface area contributed by atoms with Crippen LogP contribution in [0.25, 0.3) is 0 Å². The zero-order valence-corrected chi connectivity index (χ0v) is 8.74. The first-order chi connectivity index (χ1) is 7.66. The Kier molecular flexibility index (Phi) is 2.10. The molecule has 3 rings (SSSR count). The minimum absolute atomic E-state index is 0.331. The monoisotopic (exact) mass is 224 g/mol. The highest BCUT2D eigenvalue weighted by Crippen LogP contribution is 2.36. The van der Waals surface area contributed by atoms with Crippen molar-refractivity contribution in [2.75, 3.05) is 6.61 Å². The van der Waals surface area contributed by atoms with Crippen LogP contribution in [0, 0.1) is 6.92 Å². The number of ether oxygens (including phenoxy) is 2. The highest BCUT2D eigenvalue weighted by atomic mass is 16.6. The average Bonchev–Trinajstić information content (AvgIpc) is 2.78. The summed E-state index contributed by atoms with van der Waals surface area (Å²) in [5.74, 6) is 0. The normalized spacial score (nSPS) is 36.9. The standard InChI is InChI=1S/C10H12N2O4/c1-5-2-11-10(14)12(3-5)9-8-7(13)6(16-9)4-15-8/h2-3,6-9,13H,4H2,1H3. The molecule has 2 aliphatic rings. The Hall–Kier alpha value is -1.24. The molecular weight excluding hydrogens is 212 g/mol. The van der Waals surface area contributed by atoms with Gasteiger partial charge in [-0.2, -0.15) is 0 Å². The third-order valence-electron chi connectivity index (χ3n) is 2.98. The molecule has 2 saturated heterocycles. The molecule has 6 nitrogen and oxygen atoms in total. The molecule has 2 bridgehead atoms. The highest BCUT2D eigenvalue weighted by Gasteiger charge is 2.51. The molecule has 4 unspecified atom stereocenters. The van der Waals surface area contributed by atoms with Crippen LogP contribution < -0.4 is 5.69 Å². The van der Waals surface area contributed by atoms with Crippen LogP contribution >= 0.6 is 0 Å². The summed E-state index contributed by atoms with van der Waals surface area (Å²) in [6.07, 6.45) is 1.15. The van der Waals surface area contributed by atoms with Crippen LogP contribution in [0.3, 0.4) is 0 Å². The first-order valence-corrected chi connectivity index (χ1v) is 5.17. The van der Waals surface area contributed by atoms with Crippen LogP contribution in [0.2, 0.25) is 0 Å². The number of nitrogens with zero attached hydrogens (tertiary/aromatic N) is 2. The van der Waals surface area contributed by atoms with Gasteiger partial charge in [0.25, 0.3) is 0 Å². The largest absolute Gasteiger partial charge is 0.387 e. The van der Waals surface area contributed by atoms with Gasteiger partial charge in [-0.15, -0.1) is 0 Å². The fourth-order valence-corrected chi connectivity index (χ4v) is 2.18. The number of rotatable bonds is 1. The zero-order chi connectivity index (χ0) is 11.3. The fourth-order valence-electron chi connectivity index (χ4n) is 2.18. The van der Waals surface area contributed by atoms with Crippen molar-refractivity contribution in [3.05, 3.63) is 28.4 Å². The lowest BCUT2D eigenvalue weighted by molar-refractivity contribution is -0.128. The predicted octanol–water partition coefficient (Wildman–Crippen LogP) is -0.791. The van der Waals surface area contributed by atoms with E-state index in [2.05, 4.69) is 4.98 Å². The molecule has 6 heteroatoms. The van der Waals surface area contributed by atoms with Crippen LogP contribution in [0.5, 0.6) is 0 Å². The van der Waals surface area contributed by atoms with E-state index in [-0.39, 0.29) is 11.8 Å². The lowest BCUT2D eigenvalue weighted by atomic mass is 10.2. The quantitative estimate of drug-likeness (QED) is 0.676. The summed E-state index contributed by atoms with van der Waals surface area (Å²) in [5, 5.41) is 9.73. The number of hydrogen-bond acceptors (Lipinski definition) is 5.